The van der Waals surface area contributed by atoms with Gasteiger partial charge in [0.05, 0.1) is 0 Å². The molecule has 0 aromatic rings. The number of carbonyl (C=O) groups is 1. The van der Waals surface area contributed by atoms with E-state index in [0.717, 1.165) is 18.8 Å². The molecule has 0 aromatic heterocycles. The lowest BCUT2D eigenvalue weighted by molar-refractivity contribution is -0.137. The molecule has 0 bridgehead atoms. The summed E-state index contributed by atoms with van der Waals surface area (Å²) < 4.78 is 0. The molecule has 1 N–H and O–H groups in total. The van der Waals surface area contributed by atoms with Gasteiger partial charge in [-0.2, -0.15) is 0 Å². The van der Waals surface area contributed by atoms with Crippen molar-refractivity contribution in [1.82, 2.24) is 0 Å². The summed E-state index contributed by atoms with van der Waals surface area (Å²) in [4.78, 5) is 10.5. The van der Waals surface area contributed by atoms with Crippen LogP contribution in [0.25, 0.3) is 0 Å². The summed E-state index contributed by atoms with van der Waals surface area (Å²) >= 11 is 0. The predicted octanol–water partition coefficient (Wildman–Crippen LogP) is 6.58. The lowest BCUT2D eigenvalue weighted by Crippen LogP contribution is -2.02. The van der Waals surface area contributed by atoms with Crippen molar-refractivity contribution in [3.05, 3.63) is 0 Å². The molecule has 0 aliphatic carbocycles. The van der Waals surface area contributed by atoms with Crippen LogP contribution in [-0.4, -0.2) is 11.1 Å². The van der Waals surface area contributed by atoms with Gasteiger partial charge in [-0.05, 0) is 12.3 Å². The maximum absolute atomic E-state index is 10.5. The molecule has 0 spiro atoms. The number of hydrogen-bond donors (Lipinski definition) is 1. The second-order valence-corrected chi connectivity index (χ2v) is 6.56. The molecular weight excluding hydrogens is 260 g/mol. The second-order valence-electron chi connectivity index (χ2n) is 6.56. The highest BCUT2D eigenvalue weighted by molar-refractivity contribution is 5.66. The molecule has 0 rings (SSSR count). The topological polar surface area (TPSA) is 37.3 Å². The zero-order valence-electron chi connectivity index (χ0n) is 14.5. The van der Waals surface area contributed by atoms with Crippen LogP contribution < -0.4 is 0 Å². The van der Waals surface area contributed by atoms with Gasteiger partial charge in [-0.25, -0.2) is 0 Å². The first kappa shape index (κ1) is 20.5. The van der Waals surface area contributed by atoms with Crippen LogP contribution in [-0.2, 0) is 4.79 Å². The number of unbranched alkanes of at least 4 members (excludes halogenated alkanes) is 8. The van der Waals surface area contributed by atoms with E-state index in [4.69, 9.17) is 5.11 Å². The minimum Gasteiger partial charge on any atom is -0.481 e. The molecule has 0 aliphatic rings. The Morgan fingerprint density at radius 1 is 0.714 bits per heavy atom. The van der Waals surface area contributed by atoms with E-state index in [-0.39, 0.29) is 0 Å². The number of carboxylic acid groups (broad SMARTS) is 1. The van der Waals surface area contributed by atoms with Gasteiger partial charge in [0, 0.05) is 6.42 Å². The molecule has 0 aliphatic heterocycles. The summed E-state index contributed by atoms with van der Waals surface area (Å²) in [5.74, 6) is 0.245. The van der Waals surface area contributed by atoms with E-state index in [1.165, 1.54) is 77.0 Å². The fourth-order valence-electron chi connectivity index (χ4n) is 3.04. The highest BCUT2D eigenvalue weighted by atomic mass is 16.4. The molecular formula is C19H38O2. The Bertz CT molecular complexity index is 214. The number of hydrogen-bond acceptors (Lipinski definition) is 1. The summed E-state index contributed by atoms with van der Waals surface area (Å²) in [6, 6.07) is 0. The molecule has 0 saturated heterocycles. The van der Waals surface area contributed by atoms with Crippen LogP contribution in [0.5, 0.6) is 0 Å². The van der Waals surface area contributed by atoms with Gasteiger partial charge in [-0.1, -0.05) is 97.3 Å². The molecule has 0 amide bonds. The first-order chi connectivity index (χ1) is 10.2. The third-order valence-electron chi connectivity index (χ3n) is 4.43. The average molecular weight is 299 g/mol. The minimum absolute atomic E-state index is 0.345. The van der Waals surface area contributed by atoms with Gasteiger partial charge in [0.15, 0.2) is 0 Å². The van der Waals surface area contributed by atoms with E-state index >= 15 is 0 Å². The van der Waals surface area contributed by atoms with Crippen molar-refractivity contribution in [3.63, 3.8) is 0 Å². The highest BCUT2D eigenvalue weighted by Gasteiger charge is 2.08. The van der Waals surface area contributed by atoms with Gasteiger partial charge in [-0.3, -0.25) is 4.79 Å². The summed E-state index contributed by atoms with van der Waals surface area (Å²) in [7, 11) is 0. The Balaban J connectivity index is 3.74. The van der Waals surface area contributed by atoms with Crippen molar-refractivity contribution in [2.45, 2.75) is 110 Å². The quantitative estimate of drug-likeness (QED) is 0.327. The number of carboxylic acids is 1. The Kier molecular flexibility index (Phi) is 15.5. The van der Waals surface area contributed by atoms with Crippen LogP contribution in [0.1, 0.15) is 110 Å². The van der Waals surface area contributed by atoms with E-state index < -0.39 is 5.97 Å². The zero-order valence-corrected chi connectivity index (χ0v) is 14.5. The van der Waals surface area contributed by atoms with Crippen LogP contribution in [0.2, 0.25) is 0 Å². The smallest absolute Gasteiger partial charge is 0.303 e. The first-order valence-corrected chi connectivity index (χ1v) is 9.42. The molecule has 0 radical (unpaired) electrons. The molecule has 0 heterocycles. The standard InChI is InChI=1S/C19H38O2/c1-3-5-7-10-14-18(15-11-8-6-4-2)16-12-9-13-17-19(20)21/h18H,3-17H2,1-2H3,(H,20,21). The van der Waals surface area contributed by atoms with Crippen LogP contribution in [0.15, 0.2) is 0 Å². The molecule has 0 aromatic carbocycles. The second kappa shape index (κ2) is 15.9. The fourth-order valence-corrected chi connectivity index (χ4v) is 3.04. The average Bonchev–Trinajstić information content (AvgIpc) is 2.46. The van der Waals surface area contributed by atoms with Crippen LogP contribution >= 0.6 is 0 Å². The maximum Gasteiger partial charge on any atom is 0.303 e. The lowest BCUT2D eigenvalue weighted by atomic mass is 9.89. The normalized spacial score (nSPS) is 11.2. The number of aliphatic carboxylic acids is 1. The summed E-state index contributed by atoms with van der Waals surface area (Å²) in [5.41, 5.74) is 0. The molecule has 0 saturated carbocycles. The van der Waals surface area contributed by atoms with E-state index in [9.17, 15) is 4.79 Å². The van der Waals surface area contributed by atoms with E-state index in [0.29, 0.717) is 6.42 Å². The number of rotatable bonds is 16. The molecule has 126 valence electrons. The molecule has 2 heteroatoms. The van der Waals surface area contributed by atoms with Gasteiger partial charge < -0.3 is 5.11 Å². The SMILES string of the molecule is CCCCCCC(CCCCCC)CCCCCC(=O)O. The van der Waals surface area contributed by atoms with Gasteiger partial charge in [-0.15, -0.1) is 0 Å². The Labute approximate surface area is 132 Å². The van der Waals surface area contributed by atoms with Crippen molar-refractivity contribution in [2.24, 2.45) is 5.92 Å². The predicted molar refractivity (Wildman–Crippen MR) is 91.7 cm³/mol. The van der Waals surface area contributed by atoms with Gasteiger partial charge >= 0.3 is 5.97 Å². The Morgan fingerprint density at radius 3 is 1.52 bits per heavy atom. The van der Waals surface area contributed by atoms with Gasteiger partial charge in [0.2, 0.25) is 0 Å². The Morgan fingerprint density at radius 2 is 1.14 bits per heavy atom. The third kappa shape index (κ3) is 15.7. The summed E-state index contributed by atoms with van der Waals surface area (Å²) in [6.07, 6.45) is 18.6. The molecule has 21 heavy (non-hydrogen) atoms. The van der Waals surface area contributed by atoms with E-state index in [1.54, 1.807) is 0 Å². The van der Waals surface area contributed by atoms with Crippen LogP contribution in [0, 0.1) is 5.92 Å². The lowest BCUT2D eigenvalue weighted by Gasteiger charge is -2.16. The zero-order chi connectivity index (χ0) is 15.8. The van der Waals surface area contributed by atoms with Crippen molar-refractivity contribution in [1.29, 1.82) is 0 Å². The van der Waals surface area contributed by atoms with Crippen molar-refractivity contribution < 1.29 is 9.90 Å². The van der Waals surface area contributed by atoms with E-state index in [1.807, 2.05) is 0 Å². The van der Waals surface area contributed by atoms with Crippen molar-refractivity contribution in [2.75, 3.05) is 0 Å². The molecule has 0 unspecified atom stereocenters. The largest absolute Gasteiger partial charge is 0.481 e. The van der Waals surface area contributed by atoms with Crippen LogP contribution in [0.3, 0.4) is 0 Å². The summed E-state index contributed by atoms with van der Waals surface area (Å²) in [6.45, 7) is 4.54. The molecule has 2 nitrogen and oxygen atoms in total. The van der Waals surface area contributed by atoms with Gasteiger partial charge in [0.1, 0.15) is 0 Å². The first-order valence-electron chi connectivity index (χ1n) is 9.42. The Hall–Kier alpha value is -0.530. The maximum atomic E-state index is 10.5. The van der Waals surface area contributed by atoms with Crippen molar-refractivity contribution in [3.8, 4) is 0 Å². The third-order valence-corrected chi connectivity index (χ3v) is 4.43. The van der Waals surface area contributed by atoms with Crippen molar-refractivity contribution >= 4 is 5.97 Å². The van der Waals surface area contributed by atoms with Crippen LogP contribution in [0.4, 0.5) is 0 Å². The summed E-state index contributed by atoms with van der Waals surface area (Å²) in [5, 5.41) is 8.66. The van der Waals surface area contributed by atoms with Gasteiger partial charge in [0.25, 0.3) is 0 Å². The highest BCUT2D eigenvalue weighted by Crippen LogP contribution is 2.24. The fraction of sp³-hybridized carbons (Fsp3) is 0.947. The molecule has 0 atom stereocenters. The molecule has 0 fully saturated rings. The van der Waals surface area contributed by atoms with E-state index in [2.05, 4.69) is 13.8 Å². The monoisotopic (exact) mass is 298 g/mol. The minimum atomic E-state index is -0.648.